The third-order valence-electron chi connectivity index (χ3n) is 3.34. The molecule has 0 bridgehead atoms. The number of nitrogens with two attached hydrogens (primary N) is 1. The molecule has 1 fully saturated rings. The number of anilines is 1. The first kappa shape index (κ1) is 13.7. The van der Waals surface area contributed by atoms with E-state index >= 15 is 0 Å². The first-order chi connectivity index (χ1) is 8.86. The molecule has 8 heteroatoms. The third kappa shape index (κ3) is 2.39. The van der Waals surface area contributed by atoms with Crippen LogP contribution in [0.1, 0.15) is 47.7 Å². The summed E-state index contributed by atoms with van der Waals surface area (Å²) in [5.41, 5.74) is 5.37. The monoisotopic (exact) mass is 277 g/mol. The van der Waals surface area contributed by atoms with Crippen molar-refractivity contribution < 1.29 is 22.7 Å². The molecule has 0 radical (unpaired) electrons. The maximum absolute atomic E-state index is 12.8. The minimum absolute atomic E-state index is 0.162. The molecule has 1 saturated carbocycles. The van der Waals surface area contributed by atoms with Gasteiger partial charge >= 0.3 is 12.3 Å². The Labute approximate surface area is 107 Å². The number of rotatable bonds is 2. The van der Waals surface area contributed by atoms with Gasteiger partial charge in [0.2, 0.25) is 0 Å². The van der Waals surface area contributed by atoms with Crippen molar-refractivity contribution in [2.24, 2.45) is 0 Å². The molecule has 0 aliphatic heterocycles. The third-order valence-corrected chi connectivity index (χ3v) is 3.34. The van der Waals surface area contributed by atoms with E-state index in [1.54, 1.807) is 0 Å². The Morgan fingerprint density at radius 2 is 2.00 bits per heavy atom. The zero-order valence-electron chi connectivity index (χ0n) is 10.3. The van der Waals surface area contributed by atoms with Crippen LogP contribution >= 0.6 is 0 Å². The number of hydrogen-bond donors (Lipinski definition) is 1. The van der Waals surface area contributed by atoms with Crippen LogP contribution in [0.2, 0.25) is 0 Å². The Kier molecular flexibility index (Phi) is 3.42. The SMILES string of the molecule is COC(=O)c1nn(C(F)(F)F)c(N)c1C1CCCC1. The predicted molar refractivity (Wildman–Crippen MR) is 60.5 cm³/mol. The Hall–Kier alpha value is -1.73. The quantitative estimate of drug-likeness (QED) is 0.843. The van der Waals surface area contributed by atoms with Crippen LogP contribution in [0.5, 0.6) is 0 Å². The zero-order chi connectivity index (χ0) is 14.2. The van der Waals surface area contributed by atoms with Gasteiger partial charge in [-0.25, -0.2) is 4.79 Å². The normalized spacial score (nSPS) is 16.8. The average molecular weight is 277 g/mol. The number of aromatic nitrogens is 2. The number of carbonyl (C=O) groups is 1. The molecule has 2 rings (SSSR count). The summed E-state index contributed by atoms with van der Waals surface area (Å²) in [4.78, 5) is 11.6. The molecule has 0 aromatic carbocycles. The summed E-state index contributed by atoms with van der Waals surface area (Å²) in [5, 5.41) is 3.29. The van der Waals surface area contributed by atoms with E-state index in [0.717, 1.165) is 20.0 Å². The molecule has 0 spiro atoms. The highest BCUT2D eigenvalue weighted by atomic mass is 19.4. The topological polar surface area (TPSA) is 70.1 Å². The molecule has 2 N–H and O–H groups in total. The Balaban J connectivity index is 2.54. The van der Waals surface area contributed by atoms with Crippen molar-refractivity contribution in [2.45, 2.75) is 37.9 Å². The summed E-state index contributed by atoms with van der Waals surface area (Å²) in [6.45, 7) is 0. The molecule has 106 valence electrons. The number of esters is 1. The van der Waals surface area contributed by atoms with Crippen molar-refractivity contribution in [3.8, 4) is 0 Å². The average Bonchev–Trinajstić information content (AvgIpc) is 2.93. The Bertz CT molecular complexity index is 490. The van der Waals surface area contributed by atoms with Gasteiger partial charge in [0, 0.05) is 5.56 Å². The van der Waals surface area contributed by atoms with E-state index in [1.807, 2.05) is 0 Å². The zero-order valence-corrected chi connectivity index (χ0v) is 10.3. The summed E-state index contributed by atoms with van der Waals surface area (Å²) in [5.74, 6) is -1.57. The Morgan fingerprint density at radius 1 is 1.42 bits per heavy atom. The fraction of sp³-hybridized carbons (Fsp3) is 0.636. The summed E-state index contributed by atoms with van der Waals surface area (Å²) in [6, 6.07) is 0. The van der Waals surface area contributed by atoms with Crippen molar-refractivity contribution in [1.82, 2.24) is 9.78 Å². The number of methoxy groups -OCH3 is 1. The molecule has 0 saturated heterocycles. The van der Waals surface area contributed by atoms with Crippen molar-refractivity contribution in [3.05, 3.63) is 11.3 Å². The smallest absolute Gasteiger partial charge is 0.464 e. The molecular formula is C11H14F3N3O2. The lowest BCUT2D eigenvalue weighted by molar-refractivity contribution is -0.210. The highest BCUT2D eigenvalue weighted by molar-refractivity contribution is 5.90. The number of carbonyl (C=O) groups excluding carboxylic acids is 1. The van der Waals surface area contributed by atoms with Gasteiger partial charge in [0.25, 0.3) is 0 Å². The standard InChI is InChI=1S/C11H14F3N3O2/c1-19-10(18)8-7(6-4-2-3-5-6)9(15)17(16-8)11(12,13)14/h6H,2-5,15H2,1H3. The van der Waals surface area contributed by atoms with Crippen molar-refractivity contribution in [3.63, 3.8) is 0 Å². The van der Waals surface area contributed by atoms with Crippen LogP contribution < -0.4 is 5.73 Å². The maximum Gasteiger partial charge on any atom is 0.506 e. The van der Waals surface area contributed by atoms with E-state index in [1.165, 1.54) is 0 Å². The highest BCUT2D eigenvalue weighted by Gasteiger charge is 2.39. The van der Waals surface area contributed by atoms with Crippen LogP contribution in [0, 0.1) is 0 Å². The van der Waals surface area contributed by atoms with Gasteiger partial charge in [0.1, 0.15) is 5.82 Å². The van der Waals surface area contributed by atoms with E-state index in [2.05, 4.69) is 9.84 Å². The van der Waals surface area contributed by atoms with Crippen molar-refractivity contribution in [1.29, 1.82) is 0 Å². The number of nitrogen functional groups attached to an aromatic ring is 1. The lowest BCUT2D eigenvalue weighted by Gasteiger charge is -2.11. The summed E-state index contributed by atoms with van der Waals surface area (Å²) >= 11 is 0. The first-order valence-electron chi connectivity index (χ1n) is 5.90. The fourth-order valence-electron chi connectivity index (χ4n) is 2.50. The first-order valence-corrected chi connectivity index (χ1v) is 5.90. The van der Waals surface area contributed by atoms with Crippen LogP contribution in [-0.4, -0.2) is 22.9 Å². The van der Waals surface area contributed by atoms with Gasteiger partial charge in [-0.3, -0.25) is 0 Å². The minimum Gasteiger partial charge on any atom is -0.464 e. The second kappa shape index (κ2) is 4.75. The van der Waals surface area contributed by atoms with Crippen molar-refractivity contribution in [2.75, 3.05) is 12.8 Å². The van der Waals surface area contributed by atoms with E-state index in [9.17, 15) is 18.0 Å². The molecule has 0 unspecified atom stereocenters. The van der Waals surface area contributed by atoms with Crippen molar-refractivity contribution >= 4 is 11.8 Å². The summed E-state index contributed by atoms with van der Waals surface area (Å²) < 4.78 is 42.5. The summed E-state index contributed by atoms with van der Waals surface area (Å²) in [7, 11) is 1.10. The Morgan fingerprint density at radius 3 is 2.47 bits per heavy atom. The van der Waals surface area contributed by atoms with Gasteiger partial charge in [0.15, 0.2) is 5.69 Å². The van der Waals surface area contributed by atoms with Crippen LogP contribution in [0.4, 0.5) is 19.0 Å². The highest BCUT2D eigenvalue weighted by Crippen LogP contribution is 2.40. The number of nitrogens with zero attached hydrogens (tertiary/aromatic N) is 2. The molecule has 19 heavy (non-hydrogen) atoms. The van der Waals surface area contributed by atoms with Gasteiger partial charge < -0.3 is 10.5 Å². The van der Waals surface area contributed by atoms with E-state index in [-0.39, 0.29) is 21.9 Å². The summed E-state index contributed by atoms with van der Waals surface area (Å²) in [6.07, 6.45) is -1.52. The number of ether oxygens (including phenoxy) is 1. The van der Waals surface area contributed by atoms with Gasteiger partial charge in [-0.05, 0) is 18.8 Å². The number of hydrogen-bond acceptors (Lipinski definition) is 4. The number of alkyl halides is 3. The molecule has 0 atom stereocenters. The second-order valence-electron chi connectivity index (χ2n) is 4.50. The molecular weight excluding hydrogens is 263 g/mol. The van der Waals surface area contributed by atoms with Gasteiger partial charge in [0.05, 0.1) is 7.11 Å². The number of halogens is 3. The molecule has 1 aliphatic carbocycles. The lowest BCUT2D eigenvalue weighted by atomic mass is 9.97. The van der Waals surface area contributed by atoms with Crippen LogP contribution in [0.3, 0.4) is 0 Å². The fourth-order valence-corrected chi connectivity index (χ4v) is 2.50. The molecule has 1 aliphatic rings. The minimum atomic E-state index is -4.75. The van der Waals surface area contributed by atoms with Gasteiger partial charge in [-0.1, -0.05) is 12.8 Å². The van der Waals surface area contributed by atoms with E-state index in [4.69, 9.17) is 5.73 Å². The molecule has 1 aromatic heterocycles. The van der Waals surface area contributed by atoms with E-state index in [0.29, 0.717) is 12.8 Å². The van der Waals surface area contributed by atoms with Gasteiger partial charge in [-0.15, -0.1) is 13.2 Å². The van der Waals surface area contributed by atoms with Crippen LogP contribution in [-0.2, 0) is 11.0 Å². The second-order valence-corrected chi connectivity index (χ2v) is 4.50. The van der Waals surface area contributed by atoms with Gasteiger partial charge in [-0.2, -0.15) is 9.78 Å². The van der Waals surface area contributed by atoms with Crippen LogP contribution in [0.25, 0.3) is 0 Å². The van der Waals surface area contributed by atoms with Crippen LogP contribution in [0.15, 0.2) is 0 Å². The maximum atomic E-state index is 12.8. The lowest BCUT2D eigenvalue weighted by Crippen LogP contribution is -2.21. The predicted octanol–water partition coefficient (Wildman–Crippen LogP) is 2.39. The molecule has 0 amide bonds. The molecule has 1 heterocycles. The molecule has 1 aromatic rings. The molecule has 5 nitrogen and oxygen atoms in total. The van der Waals surface area contributed by atoms with E-state index < -0.39 is 18.1 Å². The largest absolute Gasteiger partial charge is 0.506 e.